The van der Waals surface area contributed by atoms with Crippen LogP contribution in [-0.4, -0.2) is 19.3 Å². The SMILES string of the molecule is CCOC1(C(NC)c2ccc(F)cc2C)CCC(C)CC1. The van der Waals surface area contributed by atoms with E-state index in [1.165, 1.54) is 12.8 Å². The topological polar surface area (TPSA) is 21.3 Å². The highest BCUT2D eigenvalue weighted by Gasteiger charge is 2.42. The van der Waals surface area contributed by atoms with Gasteiger partial charge in [0.2, 0.25) is 0 Å². The molecule has 21 heavy (non-hydrogen) atoms. The molecule has 1 N–H and O–H groups in total. The lowest BCUT2D eigenvalue weighted by molar-refractivity contribution is -0.0963. The van der Waals surface area contributed by atoms with E-state index < -0.39 is 0 Å². The fraction of sp³-hybridized carbons (Fsp3) is 0.667. The Bertz CT molecular complexity index is 466. The third-order valence-corrected chi connectivity index (χ3v) is 4.91. The fourth-order valence-corrected chi connectivity index (χ4v) is 3.72. The zero-order valence-corrected chi connectivity index (χ0v) is 13.7. The minimum absolute atomic E-state index is 0.116. The lowest BCUT2D eigenvalue weighted by Crippen LogP contribution is -2.48. The van der Waals surface area contributed by atoms with E-state index in [1.807, 2.05) is 20.0 Å². The number of aryl methyl sites for hydroxylation is 1. The number of likely N-dealkylation sites (N-methyl/N-ethyl adjacent to an activating group) is 1. The maximum atomic E-state index is 13.4. The van der Waals surface area contributed by atoms with Gasteiger partial charge in [-0.05, 0) is 75.8 Å². The molecule has 0 radical (unpaired) electrons. The average molecular weight is 293 g/mol. The Morgan fingerprint density at radius 2 is 2.05 bits per heavy atom. The molecule has 1 aromatic carbocycles. The predicted octanol–water partition coefficient (Wildman–Crippen LogP) is 4.38. The molecule has 1 atom stereocenters. The molecule has 0 spiro atoms. The molecule has 1 aromatic rings. The maximum Gasteiger partial charge on any atom is 0.123 e. The molecule has 118 valence electrons. The molecule has 1 aliphatic carbocycles. The van der Waals surface area contributed by atoms with Gasteiger partial charge >= 0.3 is 0 Å². The van der Waals surface area contributed by atoms with Gasteiger partial charge in [0.15, 0.2) is 0 Å². The van der Waals surface area contributed by atoms with E-state index in [4.69, 9.17) is 4.74 Å². The molecular weight excluding hydrogens is 265 g/mol. The zero-order chi connectivity index (χ0) is 15.5. The molecule has 3 heteroatoms. The lowest BCUT2D eigenvalue weighted by atomic mass is 9.73. The summed E-state index contributed by atoms with van der Waals surface area (Å²) in [5.41, 5.74) is 1.98. The summed E-state index contributed by atoms with van der Waals surface area (Å²) in [4.78, 5) is 0. The average Bonchev–Trinajstić information content (AvgIpc) is 2.45. The van der Waals surface area contributed by atoms with Crippen LogP contribution in [0.5, 0.6) is 0 Å². The van der Waals surface area contributed by atoms with Crippen molar-refractivity contribution in [1.29, 1.82) is 0 Å². The molecule has 0 heterocycles. The van der Waals surface area contributed by atoms with E-state index in [2.05, 4.69) is 19.2 Å². The molecule has 1 unspecified atom stereocenters. The molecule has 0 aliphatic heterocycles. The molecule has 1 aliphatic rings. The molecule has 0 amide bonds. The van der Waals surface area contributed by atoms with Crippen LogP contribution in [0.3, 0.4) is 0 Å². The van der Waals surface area contributed by atoms with Crippen molar-refractivity contribution in [2.24, 2.45) is 5.92 Å². The summed E-state index contributed by atoms with van der Waals surface area (Å²) in [5, 5.41) is 3.44. The Labute approximate surface area is 128 Å². The number of nitrogens with one attached hydrogen (secondary N) is 1. The number of hydrogen-bond acceptors (Lipinski definition) is 2. The lowest BCUT2D eigenvalue weighted by Gasteiger charge is -2.45. The van der Waals surface area contributed by atoms with Crippen molar-refractivity contribution in [1.82, 2.24) is 5.32 Å². The second-order valence-corrected chi connectivity index (χ2v) is 6.40. The Kier molecular flexibility index (Phi) is 5.39. The van der Waals surface area contributed by atoms with Gasteiger partial charge in [0, 0.05) is 6.61 Å². The van der Waals surface area contributed by atoms with Crippen molar-refractivity contribution >= 4 is 0 Å². The van der Waals surface area contributed by atoms with Gasteiger partial charge in [-0.1, -0.05) is 13.0 Å². The molecule has 0 aromatic heterocycles. The summed E-state index contributed by atoms with van der Waals surface area (Å²) < 4.78 is 19.7. The van der Waals surface area contributed by atoms with E-state index in [0.29, 0.717) is 6.61 Å². The first kappa shape index (κ1) is 16.4. The second-order valence-electron chi connectivity index (χ2n) is 6.40. The van der Waals surface area contributed by atoms with E-state index >= 15 is 0 Å². The highest BCUT2D eigenvalue weighted by atomic mass is 19.1. The van der Waals surface area contributed by atoms with E-state index in [0.717, 1.165) is 29.9 Å². The number of hydrogen-bond donors (Lipinski definition) is 1. The third-order valence-electron chi connectivity index (χ3n) is 4.91. The molecule has 2 rings (SSSR count). The van der Waals surface area contributed by atoms with Gasteiger partial charge in [-0.25, -0.2) is 4.39 Å². The van der Waals surface area contributed by atoms with Crippen molar-refractivity contribution in [2.45, 2.75) is 58.1 Å². The van der Waals surface area contributed by atoms with Crippen LogP contribution in [0.1, 0.15) is 56.7 Å². The van der Waals surface area contributed by atoms with Crippen molar-refractivity contribution in [3.05, 3.63) is 35.1 Å². The van der Waals surface area contributed by atoms with E-state index in [9.17, 15) is 4.39 Å². The minimum atomic E-state index is -0.172. The Morgan fingerprint density at radius 1 is 1.38 bits per heavy atom. The first-order chi connectivity index (χ1) is 10.0. The van der Waals surface area contributed by atoms with Crippen LogP contribution in [0.2, 0.25) is 0 Å². The Hall–Kier alpha value is -0.930. The van der Waals surface area contributed by atoms with Gasteiger partial charge in [-0.15, -0.1) is 0 Å². The van der Waals surface area contributed by atoms with Crippen LogP contribution in [0.4, 0.5) is 4.39 Å². The summed E-state index contributed by atoms with van der Waals surface area (Å²) in [7, 11) is 1.98. The van der Waals surface area contributed by atoms with Crippen LogP contribution < -0.4 is 5.32 Å². The summed E-state index contributed by atoms with van der Waals surface area (Å²) in [6, 6.07) is 5.19. The standard InChI is InChI=1S/C18H28FNO/c1-5-21-18(10-8-13(2)9-11-18)17(20-4)16-7-6-15(19)12-14(16)3/h6-7,12-13,17,20H,5,8-11H2,1-4H3. The van der Waals surface area contributed by atoms with E-state index in [1.54, 1.807) is 12.1 Å². The second kappa shape index (κ2) is 6.89. The summed E-state index contributed by atoms with van der Waals surface area (Å²) in [5.74, 6) is 0.597. The molecular formula is C18H28FNO. The number of benzene rings is 1. The van der Waals surface area contributed by atoms with Gasteiger partial charge in [0.1, 0.15) is 5.82 Å². The molecule has 0 saturated heterocycles. The monoisotopic (exact) mass is 293 g/mol. The van der Waals surface area contributed by atoms with Gasteiger partial charge in [-0.2, -0.15) is 0 Å². The number of rotatable bonds is 5. The van der Waals surface area contributed by atoms with Crippen molar-refractivity contribution in [2.75, 3.05) is 13.7 Å². The smallest absolute Gasteiger partial charge is 0.123 e. The quantitative estimate of drug-likeness (QED) is 0.870. The highest BCUT2D eigenvalue weighted by molar-refractivity contribution is 5.32. The van der Waals surface area contributed by atoms with Gasteiger partial charge in [0.05, 0.1) is 11.6 Å². The molecule has 2 nitrogen and oxygen atoms in total. The Balaban J connectivity index is 2.35. The van der Waals surface area contributed by atoms with Crippen LogP contribution in [0, 0.1) is 18.7 Å². The van der Waals surface area contributed by atoms with Crippen molar-refractivity contribution in [3.63, 3.8) is 0 Å². The predicted molar refractivity (Wildman–Crippen MR) is 84.9 cm³/mol. The summed E-state index contributed by atoms with van der Waals surface area (Å²) in [6.45, 7) is 7.07. The number of halogens is 1. The van der Waals surface area contributed by atoms with E-state index in [-0.39, 0.29) is 17.5 Å². The first-order valence-electron chi connectivity index (χ1n) is 8.09. The zero-order valence-electron chi connectivity index (χ0n) is 13.7. The van der Waals surface area contributed by atoms with Gasteiger partial charge < -0.3 is 10.1 Å². The van der Waals surface area contributed by atoms with Crippen LogP contribution in [-0.2, 0) is 4.74 Å². The van der Waals surface area contributed by atoms with Crippen LogP contribution in [0.15, 0.2) is 18.2 Å². The largest absolute Gasteiger partial charge is 0.373 e. The normalized spacial score (nSPS) is 27.6. The maximum absolute atomic E-state index is 13.4. The van der Waals surface area contributed by atoms with Crippen molar-refractivity contribution in [3.8, 4) is 0 Å². The van der Waals surface area contributed by atoms with Gasteiger partial charge in [-0.3, -0.25) is 0 Å². The first-order valence-corrected chi connectivity index (χ1v) is 8.09. The van der Waals surface area contributed by atoms with Crippen LogP contribution in [0.25, 0.3) is 0 Å². The van der Waals surface area contributed by atoms with Crippen LogP contribution >= 0.6 is 0 Å². The van der Waals surface area contributed by atoms with Crippen molar-refractivity contribution < 1.29 is 9.13 Å². The summed E-state index contributed by atoms with van der Waals surface area (Å²) in [6.07, 6.45) is 4.51. The molecule has 1 saturated carbocycles. The molecule has 1 fully saturated rings. The third kappa shape index (κ3) is 3.46. The fourth-order valence-electron chi connectivity index (χ4n) is 3.72. The molecule has 0 bridgehead atoms. The number of ether oxygens (including phenoxy) is 1. The highest BCUT2D eigenvalue weighted by Crippen LogP contribution is 2.43. The summed E-state index contributed by atoms with van der Waals surface area (Å²) >= 11 is 0. The Morgan fingerprint density at radius 3 is 2.57 bits per heavy atom. The minimum Gasteiger partial charge on any atom is -0.373 e. The van der Waals surface area contributed by atoms with Gasteiger partial charge in [0.25, 0.3) is 0 Å².